The largest absolute Gasteiger partial charge is 0.459 e. The number of furan rings is 1. The third-order valence-electron chi connectivity index (χ3n) is 5.49. The van der Waals surface area contributed by atoms with Crippen LogP contribution in [0.3, 0.4) is 0 Å². The number of benzene rings is 1. The van der Waals surface area contributed by atoms with Gasteiger partial charge in [0.15, 0.2) is 5.76 Å². The number of carbonyl (C=O) groups is 1. The van der Waals surface area contributed by atoms with Crippen molar-refractivity contribution in [2.45, 2.75) is 19.4 Å². The minimum Gasteiger partial charge on any atom is -0.459 e. The maximum atomic E-state index is 14.1. The number of nitrogens with zero attached hydrogens (tertiary/aromatic N) is 2. The van der Waals surface area contributed by atoms with Gasteiger partial charge in [0.1, 0.15) is 10.8 Å². The van der Waals surface area contributed by atoms with Gasteiger partial charge in [-0.25, -0.2) is 4.39 Å². The van der Waals surface area contributed by atoms with Crippen LogP contribution in [-0.2, 0) is 6.42 Å². The molecule has 3 heterocycles. The quantitative estimate of drug-likeness (QED) is 0.623. The number of thiophene rings is 1. The molecule has 0 saturated carbocycles. The number of anilines is 1. The Labute approximate surface area is 180 Å². The molecular formula is C23H26FN3O2S. The van der Waals surface area contributed by atoms with E-state index in [0.717, 1.165) is 48.7 Å². The van der Waals surface area contributed by atoms with Gasteiger partial charge in [0, 0.05) is 36.6 Å². The zero-order valence-electron chi connectivity index (χ0n) is 17.2. The highest BCUT2D eigenvalue weighted by Crippen LogP contribution is 2.40. The summed E-state index contributed by atoms with van der Waals surface area (Å²) < 4.78 is 19.4. The second kappa shape index (κ2) is 9.12. The van der Waals surface area contributed by atoms with Crippen molar-refractivity contribution in [1.82, 2.24) is 9.80 Å². The van der Waals surface area contributed by atoms with Gasteiger partial charge in [0.25, 0.3) is 5.91 Å². The number of amides is 1. The smallest absolute Gasteiger partial charge is 0.291 e. The molecule has 1 fully saturated rings. The SMILES string of the molecule is CCc1cc([C@H](c2cccc(F)c2)N2CCN(C)CC2)c(NC(=O)c2ccco2)s1. The highest BCUT2D eigenvalue weighted by atomic mass is 32.1. The number of rotatable bonds is 6. The summed E-state index contributed by atoms with van der Waals surface area (Å²) in [7, 11) is 2.11. The van der Waals surface area contributed by atoms with E-state index >= 15 is 0 Å². The van der Waals surface area contributed by atoms with Gasteiger partial charge in [0.05, 0.1) is 12.3 Å². The number of piperazine rings is 1. The lowest BCUT2D eigenvalue weighted by Crippen LogP contribution is -2.46. The molecule has 0 aliphatic carbocycles. The Morgan fingerprint density at radius 1 is 1.20 bits per heavy atom. The lowest BCUT2D eigenvalue weighted by molar-refractivity contribution is 0.0996. The Balaban J connectivity index is 1.74. The predicted octanol–water partition coefficient (Wildman–Crippen LogP) is 4.63. The molecule has 1 aliphatic rings. The van der Waals surface area contributed by atoms with E-state index in [1.165, 1.54) is 17.2 Å². The van der Waals surface area contributed by atoms with E-state index in [1.807, 2.05) is 6.07 Å². The molecule has 158 valence electrons. The lowest BCUT2D eigenvalue weighted by Gasteiger charge is -2.38. The summed E-state index contributed by atoms with van der Waals surface area (Å²) in [6, 6.07) is 12.2. The van der Waals surface area contributed by atoms with Crippen LogP contribution in [0.15, 0.2) is 53.1 Å². The van der Waals surface area contributed by atoms with Gasteiger partial charge >= 0.3 is 0 Å². The molecule has 1 N–H and O–H groups in total. The standard InChI is InChI=1S/C23H26FN3O2S/c1-3-18-15-19(23(30-18)25-22(28)20-8-5-13-29-20)21(16-6-4-7-17(24)14-16)27-11-9-26(2)10-12-27/h4-8,13-15,21H,3,9-12H2,1-2H3,(H,25,28)/t21-/m0/s1. The highest BCUT2D eigenvalue weighted by molar-refractivity contribution is 7.16. The number of likely N-dealkylation sites (N-methyl/N-ethyl adjacent to an activating group) is 1. The minimum absolute atomic E-state index is 0.127. The lowest BCUT2D eigenvalue weighted by atomic mass is 9.97. The zero-order valence-corrected chi connectivity index (χ0v) is 18.0. The van der Waals surface area contributed by atoms with Gasteiger partial charge in [-0.1, -0.05) is 19.1 Å². The summed E-state index contributed by atoms with van der Waals surface area (Å²) >= 11 is 1.57. The van der Waals surface area contributed by atoms with Crippen LogP contribution in [0.5, 0.6) is 0 Å². The van der Waals surface area contributed by atoms with Gasteiger partial charge in [-0.3, -0.25) is 9.69 Å². The van der Waals surface area contributed by atoms with Crippen molar-refractivity contribution in [3.63, 3.8) is 0 Å². The number of halogens is 1. The van der Waals surface area contributed by atoms with Gasteiger partial charge in [-0.05, 0) is 49.4 Å². The van der Waals surface area contributed by atoms with E-state index in [2.05, 4.69) is 35.2 Å². The molecule has 1 amide bonds. The number of hydrogen-bond donors (Lipinski definition) is 1. The van der Waals surface area contributed by atoms with E-state index in [4.69, 9.17) is 4.42 Å². The predicted molar refractivity (Wildman–Crippen MR) is 118 cm³/mol. The van der Waals surface area contributed by atoms with E-state index in [-0.39, 0.29) is 23.5 Å². The van der Waals surface area contributed by atoms with Gasteiger partial charge < -0.3 is 14.6 Å². The molecule has 0 radical (unpaired) electrons. The molecule has 1 aromatic carbocycles. The summed E-state index contributed by atoms with van der Waals surface area (Å²) in [6.07, 6.45) is 2.36. The third-order valence-corrected chi connectivity index (χ3v) is 6.70. The summed E-state index contributed by atoms with van der Waals surface area (Å²) in [5.41, 5.74) is 1.90. The van der Waals surface area contributed by atoms with Crippen LogP contribution in [0.25, 0.3) is 0 Å². The maximum absolute atomic E-state index is 14.1. The van der Waals surface area contributed by atoms with Crippen molar-refractivity contribution < 1.29 is 13.6 Å². The summed E-state index contributed by atoms with van der Waals surface area (Å²) in [4.78, 5) is 18.5. The zero-order chi connectivity index (χ0) is 21.1. The first kappa shape index (κ1) is 20.8. The molecule has 3 aromatic rings. The molecule has 30 heavy (non-hydrogen) atoms. The number of carbonyl (C=O) groups excluding carboxylic acids is 1. The summed E-state index contributed by atoms with van der Waals surface area (Å²) in [5, 5.41) is 3.83. The van der Waals surface area contributed by atoms with Crippen molar-refractivity contribution in [2.24, 2.45) is 0 Å². The summed E-state index contributed by atoms with van der Waals surface area (Å²) in [5.74, 6) is -0.254. The molecule has 5 nitrogen and oxygen atoms in total. The molecule has 4 rings (SSSR count). The first-order chi connectivity index (χ1) is 14.5. The summed E-state index contributed by atoms with van der Waals surface area (Å²) in [6.45, 7) is 5.75. The fourth-order valence-corrected chi connectivity index (χ4v) is 4.87. The van der Waals surface area contributed by atoms with Crippen LogP contribution in [0.1, 0.15) is 39.5 Å². The van der Waals surface area contributed by atoms with E-state index in [1.54, 1.807) is 35.6 Å². The molecule has 0 bridgehead atoms. The Kier molecular flexibility index (Phi) is 6.32. The van der Waals surface area contributed by atoms with E-state index in [0.29, 0.717) is 0 Å². The van der Waals surface area contributed by atoms with Gasteiger partial charge in [0.2, 0.25) is 0 Å². The average Bonchev–Trinajstić information content (AvgIpc) is 3.40. The van der Waals surface area contributed by atoms with Crippen molar-refractivity contribution in [3.8, 4) is 0 Å². The number of aryl methyl sites for hydroxylation is 1. The molecule has 7 heteroatoms. The Bertz CT molecular complexity index is 994. The number of nitrogens with one attached hydrogen (secondary N) is 1. The van der Waals surface area contributed by atoms with E-state index < -0.39 is 0 Å². The Morgan fingerprint density at radius 3 is 2.67 bits per heavy atom. The number of hydrogen-bond acceptors (Lipinski definition) is 5. The molecule has 1 saturated heterocycles. The van der Waals surface area contributed by atoms with Crippen LogP contribution >= 0.6 is 11.3 Å². The fourth-order valence-electron chi connectivity index (χ4n) is 3.85. The molecule has 1 aliphatic heterocycles. The van der Waals surface area contributed by atoms with Crippen molar-refractivity contribution in [1.29, 1.82) is 0 Å². The molecule has 2 aromatic heterocycles. The second-order valence-electron chi connectivity index (χ2n) is 7.58. The van der Waals surface area contributed by atoms with Crippen LogP contribution in [0.2, 0.25) is 0 Å². The highest BCUT2D eigenvalue weighted by Gasteiger charge is 2.29. The molecule has 1 atom stereocenters. The van der Waals surface area contributed by atoms with E-state index in [9.17, 15) is 9.18 Å². The molecule has 0 spiro atoms. The second-order valence-corrected chi connectivity index (χ2v) is 8.72. The third kappa shape index (κ3) is 4.48. The van der Waals surface area contributed by atoms with Crippen LogP contribution in [0.4, 0.5) is 9.39 Å². The average molecular weight is 428 g/mol. The first-order valence-corrected chi connectivity index (χ1v) is 11.0. The van der Waals surface area contributed by atoms with Crippen molar-refractivity contribution in [2.75, 3.05) is 38.5 Å². The van der Waals surface area contributed by atoms with Crippen molar-refractivity contribution >= 4 is 22.2 Å². The molecule has 0 unspecified atom stereocenters. The minimum atomic E-state index is -0.276. The normalized spacial score (nSPS) is 16.5. The molecular weight excluding hydrogens is 401 g/mol. The van der Waals surface area contributed by atoms with Crippen LogP contribution in [0, 0.1) is 5.82 Å². The van der Waals surface area contributed by atoms with Crippen LogP contribution < -0.4 is 5.32 Å². The van der Waals surface area contributed by atoms with Crippen LogP contribution in [-0.4, -0.2) is 48.9 Å². The fraction of sp³-hybridized carbons (Fsp3) is 0.348. The van der Waals surface area contributed by atoms with Gasteiger partial charge in [-0.2, -0.15) is 0 Å². The van der Waals surface area contributed by atoms with Crippen molar-refractivity contribution in [3.05, 3.63) is 76.3 Å². The van der Waals surface area contributed by atoms with Gasteiger partial charge in [-0.15, -0.1) is 11.3 Å². The monoisotopic (exact) mass is 427 g/mol. The Morgan fingerprint density at radius 2 is 2.00 bits per heavy atom. The Hall–Kier alpha value is -2.48. The first-order valence-electron chi connectivity index (χ1n) is 10.2. The maximum Gasteiger partial charge on any atom is 0.291 e. The topological polar surface area (TPSA) is 48.7 Å².